The Bertz CT molecular complexity index is 536. The SMILES string of the molecule is Cc1cccc(C(=O)CN2CCCS2(=O)=O)c1. The number of aryl methyl sites for hydroxylation is 1. The molecule has 0 radical (unpaired) electrons. The quantitative estimate of drug-likeness (QED) is 0.761. The van der Waals surface area contributed by atoms with E-state index >= 15 is 0 Å². The summed E-state index contributed by atoms with van der Waals surface area (Å²) in [5.74, 6) is 0.0212. The van der Waals surface area contributed by atoms with Crippen LogP contribution in [0.5, 0.6) is 0 Å². The lowest BCUT2D eigenvalue weighted by molar-refractivity contribution is 0.0969. The van der Waals surface area contributed by atoms with Gasteiger partial charge in [0.25, 0.3) is 0 Å². The fourth-order valence-electron chi connectivity index (χ4n) is 1.94. The maximum absolute atomic E-state index is 11.9. The van der Waals surface area contributed by atoms with Crippen molar-refractivity contribution in [2.45, 2.75) is 13.3 Å². The second kappa shape index (κ2) is 4.58. The molecule has 1 fully saturated rings. The van der Waals surface area contributed by atoms with Crippen LogP contribution in [0.25, 0.3) is 0 Å². The monoisotopic (exact) mass is 253 g/mol. The van der Waals surface area contributed by atoms with Gasteiger partial charge in [0, 0.05) is 12.1 Å². The van der Waals surface area contributed by atoms with Crippen molar-refractivity contribution in [2.75, 3.05) is 18.8 Å². The first kappa shape index (κ1) is 12.3. The molecule has 1 saturated heterocycles. The van der Waals surface area contributed by atoms with Gasteiger partial charge in [-0.2, -0.15) is 4.31 Å². The molecule has 0 bridgehead atoms. The van der Waals surface area contributed by atoms with Gasteiger partial charge < -0.3 is 0 Å². The lowest BCUT2D eigenvalue weighted by atomic mass is 10.1. The smallest absolute Gasteiger partial charge is 0.214 e. The number of carbonyl (C=O) groups excluding carboxylic acids is 1. The van der Waals surface area contributed by atoms with Gasteiger partial charge in [0.2, 0.25) is 10.0 Å². The van der Waals surface area contributed by atoms with E-state index in [1.54, 1.807) is 18.2 Å². The standard InChI is InChI=1S/C12H15NO3S/c1-10-4-2-5-11(8-10)12(14)9-13-6-3-7-17(13,15)16/h2,4-5,8H,3,6-7,9H2,1H3. The highest BCUT2D eigenvalue weighted by atomic mass is 32.2. The topological polar surface area (TPSA) is 54.5 Å². The number of hydrogen-bond donors (Lipinski definition) is 0. The summed E-state index contributed by atoms with van der Waals surface area (Å²) >= 11 is 0. The number of nitrogens with zero attached hydrogens (tertiary/aromatic N) is 1. The number of sulfonamides is 1. The molecule has 5 heteroatoms. The first-order chi connectivity index (χ1) is 7.99. The van der Waals surface area contributed by atoms with Crippen LogP contribution < -0.4 is 0 Å². The van der Waals surface area contributed by atoms with Crippen LogP contribution in [0.4, 0.5) is 0 Å². The van der Waals surface area contributed by atoms with Crippen LogP contribution >= 0.6 is 0 Å². The summed E-state index contributed by atoms with van der Waals surface area (Å²) in [6.45, 7) is 2.33. The van der Waals surface area contributed by atoms with Crippen LogP contribution in [-0.2, 0) is 10.0 Å². The van der Waals surface area contributed by atoms with Gasteiger partial charge in [-0.1, -0.05) is 23.8 Å². The van der Waals surface area contributed by atoms with E-state index in [9.17, 15) is 13.2 Å². The molecule has 1 aliphatic rings. The van der Waals surface area contributed by atoms with E-state index < -0.39 is 10.0 Å². The highest BCUT2D eigenvalue weighted by Gasteiger charge is 2.29. The highest BCUT2D eigenvalue weighted by Crippen LogP contribution is 2.14. The molecule has 0 amide bonds. The van der Waals surface area contributed by atoms with Gasteiger partial charge in [0.05, 0.1) is 12.3 Å². The van der Waals surface area contributed by atoms with Crippen molar-refractivity contribution in [2.24, 2.45) is 0 Å². The fraction of sp³-hybridized carbons (Fsp3) is 0.417. The van der Waals surface area contributed by atoms with Crippen LogP contribution in [0.3, 0.4) is 0 Å². The zero-order valence-corrected chi connectivity index (χ0v) is 10.5. The Kier molecular flexibility index (Phi) is 3.31. The third kappa shape index (κ3) is 2.73. The van der Waals surface area contributed by atoms with Crippen LogP contribution in [0.1, 0.15) is 22.3 Å². The predicted molar refractivity (Wildman–Crippen MR) is 65.5 cm³/mol. The molecule has 0 spiro atoms. The van der Waals surface area contributed by atoms with Crippen molar-refractivity contribution in [1.29, 1.82) is 0 Å². The summed E-state index contributed by atoms with van der Waals surface area (Å²) in [5, 5.41) is 0. The minimum atomic E-state index is -3.19. The summed E-state index contributed by atoms with van der Waals surface area (Å²) in [5.41, 5.74) is 1.58. The highest BCUT2D eigenvalue weighted by molar-refractivity contribution is 7.89. The molecule has 1 aromatic carbocycles. The molecule has 92 valence electrons. The van der Waals surface area contributed by atoms with Crippen molar-refractivity contribution in [3.63, 3.8) is 0 Å². The number of benzene rings is 1. The lowest BCUT2D eigenvalue weighted by Gasteiger charge is -2.13. The van der Waals surface area contributed by atoms with E-state index in [1.807, 2.05) is 13.0 Å². The van der Waals surface area contributed by atoms with E-state index in [0.717, 1.165) is 5.56 Å². The molecule has 4 nitrogen and oxygen atoms in total. The number of ketones is 1. The van der Waals surface area contributed by atoms with Crippen LogP contribution in [-0.4, -0.2) is 37.3 Å². The molecule has 0 unspecified atom stereocenters. The molecule has 0 saturated carbocycles. The van der Waals surface area contributed by atoms with Gasteiger partial charge in [-0.3, -0.25) is 4.79 Å². The third-order valence-corrected chi connectivity index (χ3v) is 4.77. The molecular weight excluding hydrogens is 238 g/mol. The Labute approximate surface area is 101 Å². The lowest BCUT2D eigenvalue weighted by Crippen LogP contribution is -2.31. The first-order valence-corrected chi connectivity index (χ1v) is 7.18. The van der Waals surface area contributed by atoms with Crippen LogP contribution in [0.15, 0.2) is 24.3 Å². The van der Waals surface area contributed by atoms with Crippen molar-refractivity contribution >= 4 is 15.8 Å². The molecule has 1 heterocycles. The number of hydrogen-bond acceptors (Lipinski definition) is 3. The van der Waals surface area contributed by atoms with Gasteiger partial charge in [0.1, 0.15) is 0 Å². The second-order valence-corrected chi connectivity index (χ2v) is 6.38. The molecular formula is C12H15NO3S. The Morgan fingerprint density at radius 1 is 1.41 bits per heavy atom. The second-order valence-electron chi connectivity index (χ2n) is 4.30. The Morgan fingerprint density at radius 2 is 2.18 bits per heavy atom. The van der Waals surface area contributed by atoms with E-state index in [1.165, 1.54) is 4.31 Å². The minimum Gasteiger partial charge on any atom is -0.293 e. The molecule has 1 aromatic rings. The Hall–Kier alpha value is -1.20. The van der Waals surface area contributed by atoms with Crippen LogP contribution in [0, 0.1) is 6.92 Å². The Balaban J connectivity index is 2.12. The molecule has 0 N–H and O–H groups in total. The average Bonchev–Trinajstić information content (AvgIpc) is 2.58. The van der Waals surface area contributed by atoms with Gasteiger partial charge in [-0.15, -0.1) is 0 Å². The zero-order valence-electron chi connectivity index (χ0n) is 9.72. The van der Waals surface area contributed by atoms with Crippen molar-refractivity contribution in [3.8, 4) is 0 Å². The first-order valence-electron chi connectivity index (χ1n) is 5.57. The van der Waals surface area contributed by atoms with Crippen molar-refractivity contribution < 1.29 is 13.2 Å². The van der Waals surface area contributed by atoms with Crippen molar-refractivity contribution in [3.05, 3.63) is 35.4 Å². The largest absolute Gasteiger partial charge is 0.293 e. The third-order valence-electron chi connectivity index (χ3n) is 2.86. The van der Waals surface area contributed by atoms with Gasteiger partial charge in [0.15, 0.2) is 5.78 Å². The molecule has 0 atom stereocenters. The number of carbonyl (C=O) groups is 1. The summed E-state index contributed by atoms with van der Waals surface area (Å²) in [6.07, 6.45) is 0.615. The van der Waals surface area contributed by atoms with E-state index in [-0.39, 0.29) is 18.1 Å². The minimum absolute atomic E-state index is 0.0359. The number of Topliss-reactive ketones (excluding diaryl/α,β-unsaturated/α-hetero) is 1. The zero-order chi connectivity index (χ0) is 12.5. The van der Waals surface area contributed by atoms with E-state index in [2.05, 4.69) is 0 Å². The van der Waals surface area contributed by atoms with Crippen LogP contribution in [0.2, 0.25) is 0 Å². The molecule has 2 rings (SSSR count). The van der Waals surface area contributed by atoms with Gasteiger partial charge >= 0.3 is 0 Å². The van der Waals surface area contributed by atoms with Crippen molar-refractivity contribution in [1.82, 2.24) is 4.31 Å². The van der Waals surface area contributed by atoms with Gasteiger partial charge in [-0.25, -0.2) is 8.42 Å². The molecule has 17 heavy (non-hydrogen) atoms. The predicted octanol–water partition coefficient (Wildman–Crippen LogP) is 1.21. The average molecular weight is 253 g/mol. The normalized spacial score (nSPS) is 19.4. The molecule has 0 aromatic heterocycles. The summed E-state index contributed by atoms with van der Waals surface area (Å²) < 4.78 is 24.4. The van der Waals surface area contributed by atoms with Gasteiger partial charge in [-0.05, 0) is 19.4 Å². The summed E-state index contributed by atoms with van der Waals surface area (Å²) in [7, 11) is -3.19. The maximum Gasteiger partial charge on any atom is 0.214 e. The number of rotatable bonds is 3. The fourth-order valence-corrected chi connectivity index (χ4v) is 3.41. The summed E-state index contributed by atoms with van der Waals surface area (Å²) in [6, 6.07) is 7.22. The maximum atomic E-state index is 11.9. The molecule has 0 aliphatic carbocycles. The van der Waals surface area contributed by atoms with E-state index in [4.69, 9.17) is 0 Å². The molecule has 1 aliphatic heterocycles. The van der Waals surface area contributed by atoms with E-state index in [0.29, 0.717) is 18.5 Å². The summed E-state index contributed by atoms with van der Waals surface area (Å²) in [4.78, 5) is 11.9. The Morgan fingerprint density at radius 3 is 2.76 bits per heavy atom.